The normalized spacial score (nSPS) is 15.1. The van der Waals surface area contributed by atoms with Gasteiger partial charge in [0.2, 0.25) is 21.7 Å². The van der Waals surface area contributed by atoms with Crippen molar-refractivity contribution < 1.29 is 22.0 Å². The largest absolute Gasteiger partial charge is 0.353 e. The topological polar surface area (TPSA) is 93.1 Å². The van der Waals surface area contributed by atoms with E-state index in [1.807, 2.05) is 37.3 Å². The monoisotopic (exact) mass is 592 g/mol. The summed E-state index contributed by atoms with van der Waals surface area (Å²) in [4.78, 5) is 14.0. The summed E-state index contributed by atoms with van der Waals surface area (Å²) in [6.45, 7) is 3.86. The lowest BCUT2D eigenvalue weighted by molar-refractivity contribution is -0.118. The van der Waals surface area contributed by atoms with Crippen LogP contribution >= 0.6 is 0 Å². The first-order valence-corrected chi connectivity index (χ1v) is 15.6. The Balaban J connectivity index is 1.40. The van der Waals surface area contributed by atoms with Gasteiger partial charge in [0, 0.05) is 25.1 Å². The van der Waals surface area contributed by atoms with Crippen LogP contribution < -0.4 is 10.6 Å². The maximum Gasteiger partial charge on any atom is 0.247 e. The van der Waals surface area contributed by atoms with Gasteiger partial charge in [0.25, 0.3) is 0 Å². The molecule has 10 heteroatoms. The molecule has 2 N–H and O–H groups in total. The lowest BCUT2D eigenvalue weighted by Gasteiger charge is -2.25. The third-order valence-corrected chi connectivity index (χ3v) is 9.57. The van der Waals surface area contributed by atoms with E-state index in [-0.39, 0.29) is 40.9 Å². The number of halogens is 2. The van der Waals surface area contributed by atoms with E-state index in [0.29, 0.717) is 35.7 Å². The van der Waals surface area contributed by atoms with E-state index in [1.54, 1.807) is 53.3 Å². The smallest absolute Gasteiger partial charge is 0.247 e. The van der Waals surface area contributed by atoms with Crippen LogP contribution in [0, 0.1) is 5.92 Å². The first kappa shape index (κ1) is 29.4. The molecule has 0 spiro atoms. The van der Waals surface area contributed by atoms with E-state index in [4.69, 9.17) is 0 Å². The Kier molecular flexibility index (Phi) is 8.45. The van der Waals surface area contributed by atoms with E-state index >= 15 is 0 Å². The maximum absolute atomic E-state index is 14.0. The van der Waals surface area contributed by atoms with Crippen molar-refractivity contribution in [2.45, 2.75) is 67.7 Å². The van der Waals surface area contributed by atoms with Gasteiger partial charge in [0.1, 0.15) is 0 Å². The fourth-order valence-electron chi connectivity index (χ4n) is 5.21. The second-order valence-corrected chi connectivity index (χ2v) is 12.8. The van der Waals surface area contributed by atoms with Gasteiger partial charge in [-0.3, -0.25) is 9.48 Å². The predicted molar refractivity (Wildman–Crippen MR) is 159 cm³/mol. The molecule has 0 fully saturated rings. The lowest BCUT2D eigenvalue weighted by atomic mass is 9.86. The van der Waals surface area contributed by atoms with Crippen LogP contribution in [0.2, 0.25) is 0 Å². The van der Waals surface area contributed by atoms with Crippen LogP contribution in [0.1, 0.15) is 56.6 Å². The summed E-state index contributed by atoms with van der Waals surface area (Å²) in [5.41, 5.74) is 2.49. The Hall–Kier alpha value is -4.05. The number of para-hydroxylation sites is 1. The predicted octanol–water partition coefficient (Wildman–Crippen LogP) is 7.40. The minimum Gasteiger partial charge on any atom is -0.353 e. The number of rotatable bonds is 11. The van der Waals surface area contributed by atoms with Crippen LogP contribution in [0.4, 0.5) is 26.0 Å². The molecule has 4 aromatic rings. The van der Waals surface area contributed by atoms with Crippen molar-refractivity contribution in [3.63, 3.8) is 0 Å². The molecule has 1 aliphatic rings. The summed E-state index contributed by atoms with van der Waals surface area (Å²) in [7, 11) is -3.75. The molecule has 2 atom stereocenters. The number of nitrogens with one attached hydrogen (secondary N) is 2. The van der Waals surface area contributed by atoms with E-state index in [1.165, 1.54) is 13.0 Å². The van der Waals surface area contributed by atoms with Crippen LogP contribution in [0.15, 0.2) is 94.9 Å². The number of carbonyl (C=O) groups excluding carboxylic acids is 1. The summed E-state index contributed by atoms with van der Waals surface area (Å²) >= 11 is 0. The second-order valence-electron chi connectivity index (χ2n) is 10.9. The number of nitrogens with zero attached hydrogens (tertiary/aromatic N) is 2. The number of hydrogen-bond donors (Lipinski definition) is 2. The molecule has 220 valence electrons. The van der Waals surface area contributed by atoms with Crippen molar-refractivity contribution in [1.82, 2.24) is 9.78 Å². The minimum absolute atomic E-state index is 0.124. The van der Waals surface area contributed by atoms with Crippen LogP contribution in [0.25, 0.3) is 0 Å². The van der Waals surface area contributed by atoms with Gasteiger partial charge in [-0.25, -0.2) is 17.2 Å². The van der Waals surface area contributed by atoms with Crippen molar-refractivity contribution in [1.29, 1.82) is 0 Å². The summed E-state index contributed by atoms with van der Waals surface area (Å²) in [6, 6.07) is 23.0. The Morgan fingerprint density at radius 3 is 2.48 bits per heavy atom. The average molecular weight is 593 g/mol. The summed E-state index contributed by atoms with van der Waals surface area (Å²) in [5, 5.41) is 10.6. The van der Waals surface area contributed by atoms with E-state index < -0.39 is 21.7 Å². The highest BCUT2D eigenvalue weighted by Crippen LogP contribution is 2.41. The number of carbonyl (C=O) groups is 1. The first-order chi connectivity index (χ1) is 20.1. The fourth-order valence-corrected chi connectivity index (χ4v) is 6.76. The molecule has 3 aromatic carbocycles. The van der Waals surface area contributed by atoms with Crippen molar-refractivity contribution in [3.8, 4) is 0 Å². The van der Waals surface area contributed by atoms with Gasteiger partial charge in [-0.15, -0.1) is 0 Å². The molecule has 0 saturated heterocycles. The van der Waals surface area contributed by atoms with Crippen LogP contribution in [0.5, 0.6) is 0 Å². The quantitative estimate of drug-likeness (QED) is 0.167. The SMILES string of the molecule is CCC(F)(F)CCC(C)CC(C(=O)Nc1ccn(Cc2ccccc2)n1)c1ccc2c(c1)Nc1ccccc1S2(=O)=O. The van der Waals surface area contributed by atoms with Gasteiger partial charge < -0.3 is 10.6 Å². The Labute approximate surface area is 244 Å². The molecule has 1 aromatic heterocycles. The third-order valence-electron chi connectivity index (χ3n) is 7.70. The van der Waals surface area contributed by atoms with Crippen LogP contribution in [-0.2, 0) is 21.2 Å². The van der Waals surface area contributed by atoms with Gasteiger partial charge >= 0.3 is 0 Å². The lowest BCUT2D eigenvalue weighted by Crippen LogP contribution is -2.25. The zero-order valence-electron chi connectivity index (χ0n) is 23.6. The maximum atomic E-state index is 14.0. The highest BCUT2D eigenvalue weighted by atomic mass is 32.2. The molecule has 2 heterocycles. The molecule has 42 heavy (non-hydrogen) atoms. The number of aromatic nitrogens is 2. The van der Waals surface area contributed by atoms with Crippen molar-refractivity contribution in [2.75, 3.05) is 10.6 Å². The van der Waals surface area contributed by atoms with E-state index in [2.05, 4.69) is 15.7 Å². The highest BCUT2D eigenvalue weighted by molar-refractivity contribution is 7.92. The molecular weight excluding hydrogens is 558 g/mol. The van der Waals surface area contributed by atoms with E-state index in [0.717, 1.165) is 5.56 Å². The highest BCUT2D eigenvalue weighted by Gasteiger charge is 2.32. The number of amides is 1. The number of sulfone groups is 1. The van der Waals surface area contributed by atoms with Crippen LogP contribution in [0.3, 0.4) is 0 Å². The van der Waals surface area contributed by atoms with Gasteiger partial charge in [0.15, 0.2) is 5.82 Å². The Bertz CT molecular complexity index is 1670. The zero-order valence-corrected chi connectivity index (χ0v) is 24.4. The standard InChI is InChI=1S/C32H34F2N4O3S/c1-3-32(33,34)17-15-22(2)19-25(31(39)36-30-16-18-38(37-30)21-23-9-5-4-6-10-23)24-13-14-29-27(20-24)35-26-11-7-8-12-28(26)42(29,40)41/h4-14,16,18,20,22,25,35H,3,15,17,19,21H2,1-2H3,(H,36,37,39). The van der Waals surface area contributed by atoms with Gasteiger partial charge in [-0.2, -0.15) is 5.10 Å². The number of hydrogen-bond acceptors (Lipinski definition) is 5. The second kappa shape index (κ2) is 12.1. The van der Waals surface area contributed by atoms with Crippen molar-refractivity contribution in [3.05, 3.63) is 96.2 Å². The molecule has 0 saturated carbocycles. The van der Waals surface area contributed by atoms with Crippen molar-refractivity contribution >= 4 is 32.9 Å². The first-order valence-electron chi connectivity index (χ1n) is 14.1. The average Bonchev–Trinajstić information content (AvgIpc) is 3.41. The molecule has 0 bridgehead atoms. The van der Waals surface area contributed by atoms with Crippen molar-refractivity contribution in [2.24, 2.45) is 5.92 Å². The van der Waals surface area contributed by atoms with Crippen LogP contribution in [-0.4, -0.2) is 30.0 Å². The molecule has 7 nitrogen and oxygen atoms in total. The molecule has 5 rings (SSSR count). The minimum atomic E-state index is -3.75. The summed E-state index contributed by atoms with van der Waals surface area (Å²) < 4.78 is 56.3. The summed E-state index contributed by atoms with van der Waals surface area (Å²) in [6.07, 6.45) is 1.84. The number of anilines is 3. The molecule has 1 aliphatic heterocycles. The third kappa shape index (κ3) is 6.54. The Morgan fingerprint density at radius 1 is 1.00 bits per heavy atom. The fraction of sp³-hybridized carbons (Fsp3) is 0.312. The zero-order chi connectivity index (χ0) is 29.9. The van der Waals surface area contributed by atoms with Gasteiger partial charge in [-0.1, -0.05) is 62.4 Å². The molecular formula is C32H34F2N4O3S. The van der Waals surface area contributed by atoms with Gasteiger partial charge in [0.05, 0.1) is 33.6 Å². The number of alkyl halides is 2. The van der Waals surface area contributed by atoms with E-state index in [9.17, 15) is 22.0 Å². The summed E-state index contributed by atoms with van der Waals surface area (Å²) in [5.74, 6) is -3.63. The molecule has 2 unspecified atom stereocenters. The number of benzene rings is 3. The molecule has 1 amide bonds. The molecule has 0 aliphatic carbocycles. The van der Waals surface area contributed by atoms with Gasteiger partial charge in [-0.05, 0) is 54.2 Å². The molecule has 0 radical (unpaired) electrons. The Morgan fingerprint density at radius 2 is 1.71 bits per heavy atom. The number of fused-ring (bicyclic) bond motifs is 2.